The number of aliphatic hydroxyl groups excluding tert-OH is 1. The molecule has 2 aromatic heterocycles. The summed E-state index contributed by atoms with van der Waals surface area (Å²) in [7, 11) is 0. The molecule has 108 valence electrons. The largest absolute Gasteiger partial charge is 0.387 e. The van der Waals surface area contributed by atoms with Crippen molar-refractivity contribution in [1.29, 1.82) is 0 Å². The van der Waals surface area contributed by atoms with Gasteiger partial charge in [-0.2, -0.15) is 11.3 Å². The van der Waals surface area contributed by atoms with Gasteiger partial charge in [0.05, 0.1) is 23.5 Å². The second-order valence-electron chi connectivity index (χ2n) is 4.53. The quantitative estimate of drug-likeness (QED) is 0.691. The highest BCUT2D eigenvalue weighted by molar-refractivity contribution is 7.07. The molecule has 21 heavy (non-hydrogen) atoms. The summed E-state index contributed by atoms with van der Waals surface area (Å²) in [5.41, 5.74) is 1.74. The first-order valence-electron chi connectivity index (χ1n) is 6.26. The number of carbonyl (C=O) groups is 1. The second-order valence-corrected chi connectivity index (χ2v) is 5.31. The Labute approximate surface area is 123 Å². The van der Waals surface area contributed by atoms with Crippen molar-refractivity contribution in [3.05, 3.63) is 52.2 Å². The third kappa shape index (κ3) is 2.79. The van der Waals surface area contributed by atoms with Gasteiger partial charge >= 0.3 is 0 Å². The van der Waals surface area contributed by atoms with Crippen LogP contribution in [0.15, 0.2) is 35.3 Å². The fourth-order valence-corrected chi connectivity index (χ4v) is 2.76. The molecular formula is C14H12FN3O2S. The van der Waals surface area contributed by atoms with E-state index in [1.807, 2.05) is 10.8 Å². The van der Waals surface area contributed by atoms with Crippen molar-refractivity contribution < 1.29 is 14.3 Å². The maximum atomic E-state index is 13.5. The minimum Gasteiger partial charge on any atom is -0.387 e. The molecule has 3 N–H and O–H groups in total. The summed E-state index contributed by atoms with van der Waals surface area (Å²) in [6.07, 6.45) is 0.615. The Balaban J connectivity index is 1.76. The normalized spacial score (nSPS) is 12.5. The van der Waals surface area contributed by atoms with Gasteiger partial charge in [-0.25, -0.2) is 9.37 Å². The number of hydrogen-bond acceptors (Lipinski definition) is 4. The Morgan fingerprint density at radius 2 is 2.38 bits per heavy atom. The molecule has 3 rings (SSSR count). The van der Waals surface area contributed by atoms with E-state index in [0.29, 0.717) is 11.0 Å². The van der Waals surface area contributed by atoms with Gasteiger partial charge in [-0.15, -0.1) is 0 Å². The van der Waals surface area contributed by atoms with Gasteiger partial charge in [-0.3, -0.25) is 4.79 Å². The molecule has 2 heterocycles. The van der Waals surface area contributed by atoms with Crippen LogP contribution in [-0.4, -0.2) is 27.5 Å². The van der Waals surface area contributed by atoms with Crippen LogP contribution in [0.3, 0.4) is 0 Å². The third-order valence-corrected chi connectivity index (χ3v) is 3.82. The summed E-state index contributed by atoms with van der Waals surface area (Å²) in [5.74, 6) is -0.990. The molecule has 0 aliphatic heterocycles. The molecule has 3 aromatic rings. The second kappa shape index (κ2) is 5.63. The van der Waals surface area contributed by atoms with E-state index in [0.717, 1.165) is 11.6 Å². The van der Waals surface area contributed by atoms with E-state index in [-0.39, 0.29) is 12.1 Å². The number of aliphatic hydroxyl groups is 1. The maximum Gasteiger partial charge on any atom is 0.253 e. The van der Waals surface area contributed by atoms with E-state index in [4.69, 9.17) is 0 Å². The first kappa shape index (κ1) is 13.7. The lowest BCUT2D eigenvalue weighted by Gasteiger charge is -2.11. The lowest BCUT2D eigenvalue weighted by molar-refractivity contribution is 0.0917. The molecule has 1 unspecified atom stereocenters. The predicted octanol–water partition coefficient (Wildman–Crippen LogP) is 2.23. The summed E-state index contributed by atoms with van der Waals surface area (Å²) in [6, 6.07) is 4.20. The van der Waals surface area contributed by atoms with Gasteiger partial charge in [-0.1, -0.05) is 0 Å². The molecule has 1 amide bonds. The Kier molecular flexibility index (Phi) is 3.68. The first-order chi connectivity index (χ1) is 10.1. The van der Waals surface area contributed by atoms with Gasteiger partial charge < -0.3 is 15.4 Å². The zero-order chi connectivity index (χ0) is 14.8. The SMILES string of the molecule is O=C(NCC(O)c1ccsc1)c1cc(F)cc2[nH]cnc12. The fraction of sp³-hybridized carbons (Fsp3) is 0.143. The molecule has 0 spiro atoms. The van der Waals surface area contributed by atoms with Crippen LogP contribution in [-0.2, 0) is 0 Å². The Hall–Kier alpha value is -2.25. The van der Waals surface area contributed by atoms with E-state index in [9.17, 15) is 14.3 Å². The van der Waals surface area contributed by atoms with Crippen LogP contribution in [0.2, 0.25) is 0 Å². The van der Waals surface area contributed by atoms with E-state index in [2.05, 4.69) is 15.3 Å². The number of aromatic nitrogens is 2. The van der Waals surface area contributed by atoms with Crippen LogP contribution in [0.1, 0.15) is 22.0 Å². The Bertz CT molecular complexity index is 770. The number of rotatable bonds is 4. The number of amides is 1. The molecule has 0 aliphatic carbocycles. The number of hydrogen-bond donors (Lipinski definition) is 3. The molecule has 0 fully saturated rings. The molecule has 7 heteroatoms. The molecule has 0 saturated carbocycles. The van der Waals surface area contributed by atoms with Gasteiger partial charge in [0.25, 0.3) is 5.91 Å². The summed E-state index contributed by atoms with van der Waals surface area (Å²) >= 11 is 1.47. The van der Waals surface area contributed by atoms with Gasteiger partial charge in [0.2, 0.25) is 0 Å². The van der Waals surface area contributed by atoms with E-state index in [1.165, 1.54) is 23.7 Å². The van der Waals surface area contributed by atoms with Crippen LogP contribution >= 0.6 is 11.3 Å². The van der Waals surface area contributed by atoms with E-state index >= 15 is 0 Å². The maximum absolute atomic E-state index is 13.5. The number of carbonyl (C=O) groups excluding carboxylic acids is 1. The third-order valence-electron chi connectivity index (χ3n) is 3.12. The number of fused-ring (bicyclic) bond motifs is 1. The highest BCUT2D eigenvalue weighted by Gasteiger charge is 2.16. The topological polar surface area (TPSA) is 78.0 Å². The van der Waals surface area contributed by atoms with Crippen molar-refractivity contribution in [2.24, 2.45) is 0 Å². The van der Waals surface area contributed by atoms with E-state index in [1.54, 1.807) is 6.07 Å². The zero-order valence-electron chi connectivity index (χ0n) is 10.8. The smallest absolute Gasteiger partial charge is 0.253 e. The van der Waals surface area contributed by atoms with Gasteiger partial charge in [-0.05, 0) is 34.5 Å². The average Bonchev–Trinajstić information content (AvgIpc) is 3.13. The lowest BCUT2D eigenvalue weighted by atomic mass is 10.1. The van der Waals surface area contributed by atoms with Crippen LogP contribution in [0, 0.1) is 5.82 Å². The van der Waals surface area contributed by atoms with Crippen molar-refractivity contribution in [3.8, 4) is 0 Å². The molecule has 1 aromatic carbocycles. The van der Waals surface area contributed by atoms with Gasteiger partial charge in [0, 0.05) is 6.54 Å². The minimum atomic E-state index is -0.788. The standard InChI is InChI=1S/C14H12FN3O2S/c15-9-3-10(13-11(4-9)17-7-18-13)14(20)16-5-12(19)8-1-2-21-6-8/h1-4,6-7,12,19H,5H2,(H,16,20)(H,17,18). The fourth-order valence-electron chi connectivity index (χ4n) is 2.05. The lowest BCUT2D eigenvalue weighted by Crippen LogP contribution is -2.28. The molecule has 0 radical (unpaired) electrons. The highest BCUT2D eigenvalue weighted by Crippen LogP contribution is 2.18. The molecule has 1 atom stereocenters. The molecule has 5 nitrogen and oxygen atoms in total. The molecule has 0 bridgehead atoms. The van der Waals surface area contributed by atoms with Crippen LogP contribution < -0.4 is 5.32 Å². The number of H-pyrrole nitrogens is 1. The predicted molar refractivity (Wildman–Crippen MR) is 77.7 cm³/mol. The van der Waals surface area contributed by atoms with Crippen molar-refractivity contribution in [2.45, 2.75) is 6.10 Å². The number of nitrogens with zero attached hydrogens (tertiary/aromatic N) is 1. The Morgan fingerprint density at radius 1 is 1.52 bits per heavy atom. The Morgan fingerprint density at radius 3 is 3.14 bits per heavy atom. The van der Waals surface area contributed by atoms with Gasteiger partial charge in [0.15, 0.2) is 0 Å². The number of nitrogens with one attached hydrogen (secondary N) is 2. The molecule has 0 saturated heterocycles. The van der Waals surface area contributed by atoms with Gasteiger partial charge in [0.1, 0.15) is 11.3 Å². The van der Waals surface area contributed by atoms with Crippen LogP contribution in [0.4, 0.5) is 4.39 Å². The highest BCUT2D eigenvalue weighted by atomic mass is 32.1. The minimum absolute atomic E-state index is 0.0536. The number of thiophene rings is 1. The number of aromatic amines is 1. The summed E-state index contributed by atoms with van der Waals surface area (Å²) in [6.45, 7) is 0.0536. The summed E-state index contributed by atoms with van der Waals surface area (Å²) < 4.78 is 13.5. The summed E-state index contributed by atoms with van der Waals surface area (Å²) in [4.78, 5) is 18.9. The summed E-state index contributed by atoms with van der Waals surface area (Å²) in [5, 5.41) is 16.2. The zero-order valence-corrected chi connectivity index (χ0v) is 11.7. The van der Waals surface area contributed by atoms with Crippen molar-refractivity contribution in [1.82, 2.24) is 15.3 Å². The number of imidazole rings is 1. The number of benzene rings is 1. The van der Waals surface area contributed by atoms with Crippen molar-refractivity contribution in [2.75, 3.05) is 6.54 Å². The monoisotopic (exact) mass is 305 g/mol. The molecular weight excluding hydrogens is 293 g/mol. The van der Waals surface area contributed by atoms with Crippen molar-refractivity contribution in [3.63, 3.8) is 0 Å². The molecule has 0 aliphatic rings. The van der Waals surface area contributed by atoms with Crippen molar-refractivity contribution >= 4 is 28.3 Å². The van der Waals surface area contributed by atoms with Crippen LogP contribution in [0.25, 0.3) is 11.0 Å². The van der Waals surface area contributed by atoms with E-state index < -0.39 is 17.8 Å². The first-order valence-corrected chi connectivity index (χ1v) is 7.20. The number of halogens is 1. The average molecular weight is 305 g/mol. The van der Waals surface area contributed by atoms with Crippen LogP contribution in [0.5, 0.6) is 0 Å².